The first kappa shape index (κ1) is 14.3. The zero-order valence-corrected chi connectivity index (χ0v) is 11.3. The highest BCUT2D eigenvalue weighted by Gasteiger charge is 2.32. The molecule has 2 aliphatic rings. The van der Waals surface area contributed by atoms with Crippen molar-refractivity contribution in [3.8, 4) is 0 Å². The minimum absolute atomic E-state index is 0.0362. The van der Waals surface area contributed by atoms with Gasteiger partial charge in [0.15, 0.2) is 0 Å². The summed E-state index contributed by atoms with van der Waals surface area (Å²) in [5.74, 6) is -1.07. The molecule has 2 fully saturated rings. The Bertz CT molecular complexity index is 325. The number of nitrogens with zero attached hydrogens (tertiary/aromatic N) is 1. The number of ether oxygens (including phenoxy) is 1. The lowest BCUT2D eigenvalue weighted by Crippen LogP contribution is -2.49. The van der Waals surface area contributed by atoms with Gasteiger partial charge < -0.3 is 14.7 Å². The molecule has 1 aliphatic heterocycles. The van der Waals surface area contributed by atoms with Crippen molar-refractivity contribution in [1.29, 1.82) is 0 Å². The Morgan fingerprint density at radius 3 is 2.42 bits per heavy atom. The van der Waals surface area contributed by atoms with Crippen LogP contribution >= 0.6 is 0 Å². The molecular weight excluding hydrogens is 246 g/mol. The monoisotopic (exact) mass is 269 g/mol. The van der Waals surface area contributed by atoms with Crippen LogP contribution in [0.3, 0.4) is 0 Å². The van der Waals surface area contributed by atoms with Gasteiger partial charge in [-0.1, -0.05) is 19.3 Å². The van der Waals surface area contributed by atoms with Crippen LogP contribution in [0.15, 0.2) is 0 Å². The molecule has 1 N–H and O–H groups in total. The van der Waals surface area contributed by atoms with E-state index in [4.69, 9.17) is 9.84 Å². The molecule has 1 saturated heterocycles. The summed E-state index contributed by atoms with van der Waals surface area (Å²) in [6.45, 7) is 0.582. The van der Waals surface area contributed by atoms with Crippen molar-refractivity contribution in [2.24, 2.45) is 0 Å². The molecule has 2 rings (SSSR count). The van der Waals surface area contributed by atoms with Crippen LogP contribution in [0.4, 0.5) is 0 Å². The number of hydrogen-bond acceptors (Lipinski definition) is 3. The standard InChI is InChI=1S/C14H23NO4/c16-13(10-19-11-6-2-1-3-7-11)15-9-5-4-8-12(15)14(17)18/h11-12H,1-10H2,(H,17,18)/t12-/m1/s1. The summed E-state index contributed by atoms with van der Waals surface area (Å²) in [6, 6.07) is -0.656. The number of rotatable bonds is 4. The third kappa shape index (κ3) is 3.93. The van der Waals surface area contributed by atoms with Crippen LogP contribution < -0.4 is 0 Å². The van der Waals surface area contributed by atoms with Gasteiger partial charge >= 0.3 is 5.97 Å². The lowest BCUT2D eigenvalue weighted by atomic mass is 9.98. The predicted octanol–water partition coefficient (Wildman–Crippen LogP) is 1.80. The molecule has 0 aromatic rings. The lowest BCUT2D eigenvalue weighted by Gasteiger charge is -2.33. The normalized spacial score (nSPS) is 25.3. The van der Waals surface area contributed by atoms with E-state index in [-0.39, 0.29) is 18.6 Å². The summed E-state index contributed by atoms with van der Waals surface area (Å²) in [4.78, 5) is 24.7. The van der Waals surface area contributed by atoms with E-state index in [1.54, 1.807) is 0 Å². The number of likely N-dealkylation sites (tertiary alicyclic amines) is 1. The van der Waals surface area contributed by atoms with Crippen molar-refractivity contribution in [2.45, 2.75) is 63.5 Å². The van der Waals surface area contributed by atoms with Crippen molar-refractivity contribution in [1.82, 2.24) is 4.90 Å². The molecule has 0 bridgehead atoms. The highest BCUT2D eigenvalue weighted by atomic mass is 16.5. The largest absolute Gasteiger partial charge is 0.480 e. The van der Waals surface area contributed by atoms with E-state index >= 15 is 0 Å². The summed E-state index contributed by atoms with van der Waals surface area (Å²) >= 11 is 0. The zero-order valence-electron chi connectivity index (χ0n) is 11.3. The molecule has 0 aromatic carbocycles. The third-order valence-electron chi connectivity index (χ3n) is 4.10. The van der Waals surface area contributed by atoms with Crippen molar-refractivity contribution >= 4 is 11.9 Å². The average molecular weight is 269 g/mol. The van der Waals surface area contributed by atoms with Crippen LogP contribution in [0, 0.1) is 0 Å². The van der Waals surface area contributed by atoms with E-state index in [1.165, 1.54) is 24.2 Å². The van der Waals surface area contributed by atoms with Gasteiger partial charge in [-0.05, 0) is 32.1 Å². The number of carboxylic acid groups (broad SMARTS) is 1. The summed E-state index contributed by atoms with van der Waals surface area (Å²) in [6.07, 6.45) is 8.14. The number of aliphatic carboxylic acids is 1. The fraction of sp³-hybridized carbons (Fsp3) is 0.857. The second-order valence-corrected chi connectivity index (χ2v) is 5.51. The van der Waals surface area contributed by atoms with Gasteiger partial charge in [0.25, 0.3) is 0 Å². The number of carbonyl (C=O) groups is 2. The SMILES string of the molecule is O=C(O)[C@H]1CCCCN1C(=O)COC1CCCCC1. The van der Waals surface area contributed by atoms with Crippen LogP contribution in [0.2, 0.25) is 0 Å². The highest BCUT2D eigenvalue weighted by Crippen LogP contribution is 2.21. The molecule has 1 aliphatic carbocycles. The van der Waals surface area contributed by atoms with Crippen molar-refractivity contribution in [2.75, 3.05) is 13.2 Å². The molecular formula is C14H23NO4. The fourth-order valence-corrected chi connectivity index (χ4v) is 2.99. The minimum Gasteiger partial charge on any atom is -0.480 e. The molecule has 0 unspecified atom stereocenters. The molecule has 0 spiro atoms. The van der Waals surface area contributed by atoms with Crippen molar-refractivity contribution in [3.05, 3.63) is 0 Å². The second-order valence-electron chi connectivity index (χ2n) is 5.51. The molecule has 0 aromatic heterocycles. The third-order valence-corrected chi connectivity index (χ3v) is 4.10. The Balaban J connectivity index is 1.81. The topological polar surface area (TPSA) is 66.8 Å². The highest BCUT2D eigenvalue weighted by molar-refractivity contribution is 5.84. The maximum absolute atomic E-state index is 12.1. The van der Waals surface area contributed by atoms with Gasteiger partial charge in [0.1, 0.15) is 12.6 Å². The Kier molecular flexibility index (Phi) is 5.19. The quantitative estimate of drug-likeness (QED) is 0.845. The molecule has 108 valence electrons. The molecule has 1 amide bonds. The van der Waals surface area contributed by atoms with E-state index in [9.17, 15) is 9.59 Å². The Morgan fingerprint density at radius 2 is 1.74 bits per heavy atom. The molecule has 5 heteroatoms. The van der Waals surface area contributed by atoms with Gasteiger partial charge in [-0.3, -0.25) is 4.79 Å². The van der Waals surface area contributed by atoms with E-state index < -0.39 is 12.0 Å². The molecule has 1 atom stereocenters. The Hall–Kier alpha value is -1.10. The van der Waals surface area contributed by atoms with Crippen LogP contribution in [-0.2, 0) is 14.3 Å². The van der Waals surface area contributed by atoms with Gasteiger partial charge in [0, 0.05) is 6.54 Å². The molecule has 0 radical (unpaired) electrons. The maximum atomic E-state index is 12.1. The van der Waals surface area contributed by atoms with Crippen molar-refractivity contribution in [3.63, 3.8) is 0 Å². The fourth-order valence-electron chi connectivity index (χ4n) is 2.99. The summed E-state index contributed by atoms with van der Waals surface area (Å²) in [5.41, 5.74) is 0. The number of carbonyl (C=O) groups excluding carboxylic acids is 1. The zero-order chi connectivity index (χ0) is 13.7. The first-order valence-corrected chi connectivity index (χ1v) is 7.32. The van der Waals surface area contributed by atoms with E-state index in [0.29, 0.717) is 13.0 Å². The van der Waals surface area contributed by atoms with E-state index in [0.717, 1.165) is 25.7 Å². The molecule has 1 saturated carbocycles. The first-order valence-electron chi connectivity index (χ1n) is 7.32. The van der Waals surface area contributed by atoms with Crippen LogP contribution in [0.25, 0.3) is 0 Å². The second kappa shape index (κ2) is 6.89. The number of carboxylic acids is 1. The lowest BCUT2D eigenvalue weighted by molar-refractivity contribution is -0.155. The number of amides is 1. The summed E-state index contributed by atoms with van der Waals surface area (Å²) in [7, 11) is 0. The number of hydrogen-bond donors (Lipinski definition) is 1. The maximum Gasteiger partial charge on any atom is 0.326 e. The molecule has 19 heavy (non-hydrogen) atoms. The summed E-state index contributed by atoms with van der Waals surface area (Å²) < 4.78 is 5.64. The smallest absolute Gasteiger partial charge is 0.326 e. The van der Waals surface area contributed by atoms with Crippen LogP contribution in [-0.4, -0.2) is 47.2 Å². The van der Waals surface area contributed by atoms with E-state index in [2.05, 4.69) is 0 Å². The Labute approximate surface area is 113 Å². The van der Waals surface area contributed by atoms with Crippen molar-refractivity contribution < 1.29 is 19.4 Å². The summed E-state index contributed by atoms with van der Waals surface area (Å²) in [5, 5.41) is 9.14. The molecule has 1 heterocycles. The molecule has 5 nitrogen and oxygen atoms in total. The Morgan fingerprint density at radius 1 is 1.05 bits per heavy atom. The van der Waals surface area contributed by atoms with Crippen LogP contribution in [0.5, 0.6) is 0 Å². The van der Waals surface area contributed by atoms with Gasteiger partial charge in [0.2, 0.25) is 5.91 Å². The van der Waals surface area contributed by atoms with Gasteiger partial charge in [0.05, 0.1) is 6.10 Å². The first-order chi connectivity index (χ1) is 9.18. The van der Waals surface area contributed by atoms with E-state index in [1.807, 2.05) is 0 Å². The predicted molar refractivity (Wildman–Crippen MR) is 69.8 cm³/mol. The van der Waals surface area contributed by atoms with Crippen LogP contribution in [0.1, 0.15) is 51.4 Å². The minimum atomic E-state index is -0.897. The van der Waals surface area contributed by atoms with Gasteiger partial charge in [-0.25, -0.2) is 4.79 Å². The number of piperidine rings is 1. The van der Waals surface area contributed by atoms with Gasteiger partial charge in [-0.2, -0.15) is 0 Å². The average Bonchev–Trinajstić information content (AvgIpc) is 2.46. The van der Waals surface area contributed by atoms with Gasteiger partial charge in [-0.15, -0.1) is 0 Å².